The Morgan fingerprint density at radius 2 is 1.38 bits per heavy atom. The molecule has 0 amide bonds. The van der Waals surface area contributed by atoms with E-state index < -0.39 is 31.0 Å². The lowest BCUT2D eigenvalue weighted by atomic mass is 10.1. The average molecular weight is 213 g/mol. The molecule has 13 heavy (non-hydrogen) atoms. The third-order valence-electron chi connectivity index (χ3n) is 1.19. The van der Waals surface area contributed by atoms with Crippen LogP contribution in [0.3, 0.4) is 0 Å². The first-order chi connectivity index (χ1) is 5.54. The van der Waals surface area contributed by atoms with Crippen LogP contribution in [0.5, 0.6) is 0 Å². The van der Waals surface area contributed by atoms with E-state index in [1.165, 1.54) is 0 Å². The third kappa shape index (κ3) is 4.91. The SMILES string of the molecule is NC(C(F)CC(F)(F)F)C(F)(F)F. The van der Waals surface area contributed by atoms with E-state index >= 15 is 0 Å². The molecule has 0 aromatic heterocycles. The fraction of sp³-hybridized carbons (Fsp3) is 1.00. The maximum atomic E-state index is 12.2. The van der Waals surface area contributed by atoms with Gasteiger partial charge in [0.1, 0.15) is 12.2 Å². The molecule has 0 rings (SSSR count). The fourth-order valence-corrected chi connectivity index (χ4v) is 0.553. The van der Waals surface area contributed by atoms with E-state index in [9.17, 15) is 30.7 Å². The van der Waals surface area contributed by atoms with Gasteiger partial charge in [-0.2, -0.15) is 26.3 Å². The van der Waals surface area contributed by atoms with Crippen molar-refractivity contribution in [3.8, 4) is 0 Å². The van der Waals surface area contributed by atoms with E-state index in [1.807, 2.05) is 0 Å². The summed E-state index contributed by atoms with van der Waals surface area (Å²) >= 11 is 0. The number of hydrogen-bond donors (Lipinski definition) is 1. The van der Waals surface area contributed by atoms with Crippen LogP contribution in [0.4, 0.5) is 30.7 Å². The highest BCUT2D eigenvalue weighted by Crippen LogP contribution is 2.29. The summed E-state index contributed by atoms with van der Waals surface area (Å²) in [6.45, 7) is 0. The third-order valence-corrected chi connectivity index (χ3v) is 1.19. The van der Waals surface area contributed by atoms with Crippen LogP contribution >= 0.6 is 0 Å². The van der Waals surface area contributed by atoms with E-state index in [0.717, 1.165) is 0 Å². The standard InChI is InChI=1S/C5H6F7N/c6-2(1-4(7,8)9)3(13)5(10,11)12/h2-3H,1,13H2. The van der Waals surface area contributed by atoms with Crippen LogP contribution in [0.2, 0.25) is 0 Å². The molecular formula is C5H6F7N. The first-order valence-electron chi connectivity index (χ1n) is 3.07. The summed E-state index contributed by atoms with van der Waals surface area (Å²) in [4.78, 5) is 0. The minimum Gasteiger partial charge on any atom is -0.318 e. The molecule has 0 aromatic rings. The van der Waals surface area contributed by atoms with Gasteiger partial charge in [0.05, 0.1) is 6.42 Å². The Kier molecular flexibility index (Phi) is 3.54. The lowest BCUT2D eigenvalue weighted by Crippen LogP contribution is -2.46. The Morgan fingerprint density at radius 1 is 1.00 bits per heavy atom. The van der Waals surface area contributed by atoms with Gasteiger partial charge in [0, 0.05) is 0 Å². The zero-order chi connectivity index (χ0) is 10.9. The van der Waals surface area contributed by atoms with Gasteiger partial charge < -0.3 is 5.73 Å². The predicted molar refractivity (Wildman–Crippen MR) is 29.6 cm³/mol. The van der Waals surface area contributed by atoms with Crippen LogP contribution < -0.4 is 5.73 Å². The van der Waals surface area contributed by atoms with Gasteiger partial charge in [-0.3, -0.25) is 0 Å². The summed E-state index contributed by atoms with van der Waals surface area (Å²) in [5, 5.41) is 0. The zero-order valence-corrected chi connectivity index (χ0v) is 6.08. The summed E-state index contributed by atoms with van der Waals surface area (Å²) in [5.41, 5.74) is 4.20. The molecule has 0 aliphatic heterocycles. The van der Waals surface area contributed by atoms with Crippen molar-refractivity contribution in [1.82, 2.24) is 0 Å². The Hall–Kier alpha value is -0.530. The summed E-state index contributed by atoms with van der Waals surface area (Å²) in [6.07, 6.45) is -15.5. The topological polar surface area (TPSA) is 26.0 Å². The van der Waals surface area contributed by atoms with E-state index in [4.69, 9.17) is 0 Å². The first kappa shape index (κ1) is 12.5. The van der Waals surface area contributed by atoms with Gasteiger partial charge in [0.2, 0.25) is 0 Å². The monoisotopic (exact) mass is 213 g/mol. The van der Waals surface area contributed by atoms with E-state index in [-0.39, 0.29) is 0 Å². The Bertz CT molecular complexity index is 159. The Labute approximate surface area is 68.7 Å². The second-order valence-corrected chi connectivity index (χ2v) is 2.40. The molecule has 0 saturated carbocycles. The maximum absolute atomic E-state index is 12.2. The molecule has 2 N–H and O–H groups in total. The highest BCUT2D eigenvalue weighted by atomic mass is 19.4. The molecule has 0 aliphatic carbocycles. The molecule has 0 saturated heterocycles. The van der Waals surface area contributed by atoms with Crippen LogP contribution in [0.1, 0.15) is 6.42 Å². The number of alkyl halides is 7. The molecule has 2 unspecified atom stereocenters. The van der Waals surface area contributed by atoms with Crippen molar-refractivity contribution in [3.05, 3.63) is 0 Å². The summed E-state index contributed by atoms with van der Waals surface area (Å²) in [5.74, 6) is 0. The minimum absolute atomic E-state index is 2.19. The molecule has 2 atom stereocenters. The predicted octanol–water partition coefficient (Wildman–Crippen LogP) is 2.17. The number of nitrogens with two attached hydrogens (primary N) is 1. The van der Waals surface area contributed by atoms with Gasteiger partial charge in [0.25, 0.3) is 0 Å². The average Bonchev–Trinajstić information content (AvgIpc) is 1.79. The molecule has 80 valence electrons. The number of halogens is 7. The van der Waals surface area contributed by atoms with Gasteiger partial charge in [-0.25, -0.2) is 4.39 Å². The summed E-state index contributed by atoms with van der Waals surface area (Å²) < 4.78 is 81.0. The lowest BCUT2D eigenvalue weighted by Gasteiger charge is -2.20. The van der Waals surface area contributed by atoms with E-state index in [2.05, 4.69) is 5.73 Å². The van der Waals surface area contributed by atoms with Gasteiger partial charge in [0.15, 0.2) is 0 Å². The highest BCUT2D eigenvalue weighted by Gasteiger charge is 2.46. The van der Waals surface area contributed by atoms with Crippen molar-refractivity contribution in [2.75, 3.05) is 0 Å². The molecule has 0 heterocycles. The van der Waals surface area contributed by atoms with Crippen molar-refractivity contribution in [2.24, 2.45) is 5.73 Å². The molecule has 1 nitrogen and oxygen atoms in total. The van der Waals surface area contributed by atoms with Crippen molar-refractivity contribution >= 4 is 0 Å². The van der Waals surface area contributed by atoms with Gasteiger partial charge in [-0.05, 0) is 0 Å². The number of hydrogen-bond acceptors (Lipinski definition) is 1. The minimum atomic E-state index is -5.15. The summed E-state index contributed by atoms with van der Waals surface area (Å²) in [6, 6.07) is -3.09. The van der Waals surface area contributed by atoms with Crippen LogP contribution in [0.15, 0.2) is 0 Å². The molecule has 8 heteroatoms. The van der Waals surface area contributed by atoms with Crippen LogP contribution in [0, 0.1) is 0 Å². The van der Waals surface area contributed by atoms with Gasteiger partial charge >= 0.3 is 12.4 Å². The largest absolute Gasteiger partial charge is 0.406 e. The lowest BCUT2D eigenvalue weighted by molar-refractivity contribution is -0.185. The van der Waals surface area contributed by atoms with Crippen molar-refractivity contribution in [2.45, 2.75) is 31.0 Å². The molecule has 0 aliphatic rings. The van der Waals surface area contributed by atoms with E-state index in [0.29, 0.717) is 0 Å². The normalized spacial score (nSPS) is 18.5. The molecular weight excluding hydrogens is 207 g/mol. The highest BCUT2D eigenvalue weighted by molar-refractivity contribution is 4.81. The van der Waals surface area contributed by atoms with Crippen LogP contribution in [-0.2, 0) is 0 Å². The molecule has 0 bridgehead atoms. The molecule has 0 spiro atoms. The molecule has 0 radical (unpaired) electrons. The summed E-state index contributed by atoms with van der Waals surface area (Å²) in [7, 11) is 0. The van der Waals surface area contributed by atoms with Crippen molar-refractivity contribution < 1.29 is 30.7 Å². The Morgan fingerprint density at radius 3 is 1.62 bits per heavy atom. The second-order valence-electron chi connectivity index (χ2n) is 2.40. The smallest absolute Gasteiger partial charge is 0.318 e. The van der Waals surface area contributed by atoms with E-state index in [1.54, 1.807) is 0 Å². The van der Waals surface area contributed by atoms with Crippen molar-refractivity contribution in [3.63, 3.8) is 0 Å². The van der Waals surface area contributed by atoms with Crippen LogP contribution in [-0.4, -0.2) is 24.6 Å². The van der Waals surface area contributed by atoms with Gasteiger partial charge in [-0.15, -0.1) is 0 Å². The quantitative estimate of drug-likeness (QED) is 0.699. The second kappa shape index (κ2) is 3.69. The number of rotatable bonds is 2. The zero-order valence-electron chi connectivity index (χ0n) is 6.08. The molecule has 0 aromatic carbocycles. The fourth-order valence-electron chi connectivity index (χ4n) is 0.553. The van der Waals surface area contributed by atoms with Gasteiger partial charge in [-0.1, -0.05) is 0 Å². The first-order valence-corrected chi connectivity index (χ1v) is 3.07. The molecule has 0 fully saturated rings. The van der Waals surface area contributed by atoms with Crippen molar-refractivity contribution in [1.29, 1.82) is 0 Å². The maximum Gasteiger partial charge on any atom is 0.406 e. The Balaban J connectivity index is 4.20. The van der Waals surface area contributed by atoms with Crippen LogP contribution in [0.25, 0.3) is 0 Å².